The number of aromatic amines is 1. The molecule has 0 aliphatic heterocycles. The van der Waals surface area contributed by atoms with Crippen LogP contribution < -0.4 is 10.1 Å². The zero-order valence-corrected chi connectivity index (χ0v) is 12.4. The predicted octanol–water partition coefficient (Wildman–Crippen LogP) is 3.08. The van der Waals surface area contributed by atoms with Crippen LogP contribution in [0.1, 0.15) is 23.9 Å². The Bertz CT molecular complexity index is 623. The van der Waals surface area contributed by atoms with E-state index in [9.17, 15) is 4.79 Å². The van der Waals surface area contributed by atoms with Crippen LogP contribution in [0.25, 0.3) is 6.08 Å². The van der Waals surface area contributed by atoms with Gasteiger partial charge in [-0.25, -0.2) is 0 Å². The Morgan fingerprint density at radius 3 is 2.62 bits per heavy atom. The smallest absolute Gasteiger partial charge is 0.248 e. The maximum atomic E-state index is 11.9. The van der Waals surface area contributed by atoms with Gasteiger partial charge in [-0.1, -0.05) is 12.1 Å². The van der Waals surface area contributed by atoms with E-state index in [1.54, 1.807) is 6.08 Å². The number of amides is 1. The van der Waals surface area contributed by atoms with E-state index in [0.29, 0.717) is 6.61 Å². The summed E-state index contributed by atoms with van der Waals surface area (Å²) in [5, 5.41) is 9.68. The van der Waals surface area contributed by atoms with E-state index in [1.165, 1.54) is 6.08 Å². The number of carbonyl (C=O) groups excluding carboxylic acids is 1. The minimum absolute atomic E-state index is 0.184. The van der Waals surface area contributed by atoms with Gasteiger partial charge >= 0.3 is 0 Å². The van der Waals surface area contributed by atoms with Gasteiger partial charge in [0.2, 0.25) is 5.91 Å². The van der Waals surface area contributed by atoms with Gasteiger partial charge in [0.1, 0.15) is 5.75 Å². The van der Waals surface area contributed by atoms with Crippen molar-refractivity contribution in [3.05, 3.63) is 47.3 Å². The lowest BCUT2D eigenvalue weighted by atomic mass is 10.2. The monoisotopic (exact) mass is 285 g/mol. The van der Waals surface area contributed by atoms with E-state index < -0.39 is 0 Å². The molecule has 0 spiro atoms. The van der Waals surface area contributed by atoms with Gasteiger partial charge in [0.15, 0.2) is 0 Å². The van der Waals surface area contributed by atoms with Crippen molar-refractivity contribution in [2.45, 2.75) is 20.8 Å². The summed E-state index contributed by atoms with van der Waals surface area (Å²) in [6.07, 6.45) is 3.26. The van der Waals surface area contributed by atoms with Crippen LogP contribution in [0.2, 0.25) is 0 Å². The Morgan fingerprint density at radius 2 is 2.05 bits per heavy atom. The molecule has 0 fully saturated rings. The van der Waals surface area contributed by atoms with Crippen molar-refractivity contribution in [1.82, 2.24) is 10.2 Å². The van der Waals surface area contributed by atoms with Crippen molar-refractivity contribution in [2.75, 3.05) is 11.9 Å². The van der Waals surface area contributed by atoms with Gasteiger partial charge in [-0.3, -0.25) is 9.89 Å². The summed E-state index contributed by atoms with van der Waals surface area (Å²) >= 11 is 0. The lowest BCUT2D eigenvalue weighted by molar-refractivity contribution is -0.111. The molecule has 0 aliphatic carbocycles. The Labute approximate surface area is 124 Å². The molecule has 1 amide bonds. The summed E-state index contributed by atoms with van der Waals surface area (Å²) in [7, 11) is 0. The number of nitrogens with one attached hydrogen (secondary N) is 2. The normalized spacial score (nSPS) is 10.8. The van der Waals surface area contributed by atoms with Crippen LogP contribution in [0.4, 0.5) is 5.69 Å². The maximum absolute atomic E-state index is 11.9. The molecule has 21 heavy (non-hydrogen) atoms. The number of H-pyrrole nitrogens is 1. The lowest BCUT2D eigenvalue weighted by Gasteiger charge is -2.03. The van der Waals surface area contributed by atoms with Crippen molar-refractivity contribution in [1.29, 1.82) is 0 Å². The van der Waals surface area contributed by atoms with E-state index in [1.807, 2.05) is 45.0 Å². The molecule has 1 aromatic carbocycles. The Hall–Kier alpha value is -2.56. The molecule has 110 valence electrons. The third-order valence-electron chi connectivity index (χ3n) is 2.99. The molecule has 0 bridgehead atoms. The fraction of sp³-hybridized carbons (Fsp3) is 0.250. The fourth-order valence-electron chi connectivity index (χ4n) is 1.91. The average molecular weight is 285 g/mol. The number of benzene rings is 1. The molecular weight excluding hydrogens is 266 g/mol. The molecule has 2 N–H and O–H groups in total. The second-order valence-electron chi connectivity index (χ2n) is 4.63. The molecule has 0 aliphatic rings. The zero-order valence-electron chi connectivity index (χ0n) is 12.4. The molecule has 0 saturated heterocycles. The highest BCUT2D eigenvalue weighted by molar-refractivity contribution is 6.02. The van der Waals surface area contributed by atoms with Crippen molar-refractivity contribution in [3.8, 4) is 5.75 Å². The van der Waals surface area contributed by atoms with Gasteiger partial charge < -0.3 is 10.1 Å². The van der Waals surface area contributed by atoms with Crippen LogP contribution >= 0.6 is 0 Å². The Balaban J connectivity index is 1.98. The first-order valence-electron chi connectivity index (χ1n) is 6.83. The van der Waals surface area contributed by atoms with Crippen LogP contribution in [-0.4, -0.2) is 22.7 Å². The van der Waals surface area contributed by atoms with E-state index in [2.05, 4.69) is 15.5 Å². The van der Waals surface area contributed by atoms with Gasteiger partial charge in [0, 0.05) is 6.08 Å². The number of nitrogens with zero attached hydrogens (tertiary/aromatic N) is 1. The number of ether oxygens (including phenoxy) is 1. The van der Waals surface area contributed by atoms with Gasteiger partial charge in [-0.05, 0) is 44.5 Å². The second kappa shape index (κ2) is 6.74. The molecule has 5 heteroatoms. The number of rotatable bonds is 5. The van der Waals surface area contributed by atoms with Crippen LogP contribution in [0.5, 0.6) is 5.75 Å². The molecule has 2 rings (SSSR count). The average Bonchev–Trinajstić information content (AvgIpc) is 2.79. The summed E-state index contributed by atoms with van der Waals surface area (Å²) in [6.45, 7) is 6.29. The highest BCUT2D eigenvalue weighted by Crippen LogP contribution is 2.16. The van der Waals surface area contributed by atoms with E-state index >= 15 is 0 Å². The van der Waals surface area contributed by atoms with Crippen LogP contribution in [-0.2, 0) is 4.79 Å². The summed E-state index contributed by atoms with van der Waals surface area (Å²) in [5.41, 5.74) is 3.29. The summed E-state index contributed by atoms with van der Waals surface area (Å²) < 4.78 is 5.37. The topological polar surface area (TPSA) is 67.0 Å². The molecule has 1 aromatic heterocycles. The third-order valence-corrected chi connectivity index (χ3v) is 2.99. The first-order chi connectivity index (χ1) is 10.1. The van der Waals surface area contributed by atoms with E-state index in [0.717, 1.165) is 28.4 Å². The summed E-state index contributed by atoms with van der Waals surface area (Å²) in [5.74, 6) is 0.639. The van der Waals surface area contributed by atoms with Crippen molar-refractivity contribution in [2.24, 2.45) is 0 Å². The number of hydrogen-bond donors (Lipinski definition) is 2. The highest BCUT2D eigenvalue weighted by Gasteiger charge is 2.07. The van der Waals surface area contributed by atoms with E-state index in [-0.39, 0.29) is 5.91 Å². The van der Waals surface area contributed by atoms with Gasteiger partial charge in [-0.2, -0.15) is 5.10 Å². The van der Waals surface area contributed by atoms with Crippen molar-refractivity contribution in [3.63, 3.8) is 0 Å². The number of carbonyl (C=O) groups is 1. The number of anilines is 1. The van der Waals surface area contributed by atoms with Crippen LogP contribution in [0.3, 0.4) is 0 Å². The number of hydrogen-bond acceptors (Lipinski definition) is 3. The third kappa shape index (κ3) is 3.95. The minimum atomic E-state index is -0.184. The van der Waals surface area contributed by atoms with Crippen molar-refractivity contribution < 1.29 is 9.53 Å². The minimum Gasteiger partial charge on any atom is -0.494 e. The lowest BCUT2D eigenvalue weighted by Crippen LogP contribution is -2.09. The Kier molecular flexibility index (Phi) is 4.77. The molecule has 0 saturated carbocycles. The maximum Gasteiger partial charge on any atom is 0.248 e. The molecule has 0 unspecified atom stereocenters. The molecule has 0 atom stereocenters. The van der Waals surface area contributed by atoms with Crippen LogP contribution in [0.15, 0.2) is 30.3 Å². The SMILES string of the molecule is CCOc1ccc(/C=C/C(=O)Nc2c(C)n[nH]c2C)cc1. The van der Waals surface area contributed by atoms with Gasteiger partial charge in [-0.15, -0.1) is 0 Å². The molecule has 1 heterocycles. The second-order valence-corrected chi connectivity index (χ2v) is 4.63. The first kappa shape index (κ1) is 14.8. The molecule has 5 nitrogen and oxygen atoms in total. The van der Waals surface area contributed by atoms with Gasteiger partial charge in [0.25, 0.3) is 0 Å². The number of aryl methyl sites for hydroxylation is 2. The predicted molar refractivity (Wildman–Crippen MR) is 83.3 cm³/mol. The summed E-state index contributed by atoms with van der Waals surface area (Å²) in [6, 6.07) is 7.57. The van der Waals surface area contributed by atoms with E-state index in [4.69, 9.17) is 4.74 Å². The first-order valence-corrected chi connectivity index (χ1v) is 6.83. The Morgan fingerprint density at radius 1 is 1.33 bits per heavy atom. The standard InChI is InChI=1S/C16H19N3O2/c1-4-21-14-8-5-13(6-9-14)7-10-15(20)17-16-11(2)18-19-12(16)3/h5-10H,4H2,1-3H3,(H,17,20)(H,18,19)/b10-7+. The quantitative estimate of drug-likeness (QED) is 0.830. The molecule has 2 aromatic rings. The van der Waals surface area contributed by atoms with Gasteiger partial charge in [0.05, 0.1) is 23.7 Å². The highest BCUT2D eigenvalue weighted by atomic mass is 16.5. The van der Waals surface area contributed by atoms with Crippen molar-refractivity contribution >= 4 is 17.7 Å². The summed E-state index contributed by atoms with van der Waals surface area (Å²) in [4.78, 5) is 11.9. The number of aromatic nitrogens is 2. The largest absolute Gasteiger partial charge is 0.494 e. The molecule has 0 radical (unpaired) electrons. The zero-order chi connectivity index (χ0) is 15.2. The van der Waals surface area contributed by atoms with Crippen LogP contribution in [0, 0.1) is 13.8 Å². The fourth-order valence-corrected chi connectivity index (χ4v) is 1.91. The molecular formula is C16H19N3O2.